The van der Waals surface area contributed by atoms with Gasteiger partial charge in [0.15, 0.2) is 0 Å². The van der Waals surface area contributed by atoms with E-state index in [1.807, 2.05) is 30.3 Å². The maximum Gasteiger partial charge on any atom is 0.446 e. The highest BCUT2D eigenvalue weighted by Crippen LogP contribution is 2.38. The molecular formula is C23H19F3N4O2S. The topological polar surface area (TPSA) is 65.5 Å². The highest BCUT2D eigenvalue weighted by atomic mass is 32.2. The van der Waals surface area contributed by atoms with Crippen LogP contribution in [0.3, 0.4) is 0 Å². The van der Waals surface area contributed by atoms with Crippen molar-refractivity contribution in [3.63, 3.8) is 0 Å². The first-order valence-corrected chi connectivity index (χ1v) is 10.8. The molecule has 1 unspecified atom stereocenters. The molecule has 2 heterocycles. The van der Waals surface area contributed by atoms with Gasteiger partial charge in [-0.25, -0.2) is 9.69 Å². The lowest BCUT2D eigenvalue weighted by Crippen LogP contribution is -2.33. The number of carbonyl (C=O) groups excluding carboxylic acids is 2. The number of rotatable bonds is 6. The third-order valence-corrected chi connectivity index (χ3v) is 5.85. The Labute approximate surface area is 192 Å². The van der Waals surface area contributed by atoms with E-state index < -0.39 is 23.5 Å². The van der Waals surface area contributed by atoms with Crippen LogP contribution in [0.25, 0.3) is 0 Å². The summed E-state index contributed by atoms with van der Waals surface area (Å²) in [5.41, 5.74) is -1.88. The van der Waals surface area contributed by atoms with Gasteiger partial charge in [-0.05, 0) is 66.7 Å². The van der Waals surface area contributed by atoms with E-state index in [0.29, 0.717) is 5.69 Å². The SMILES string of the molecule is CC1C(=O)N(c2ccc(SC(F)(F)F)cc2)C(=O)N1Cc1ccncc1Nc1ccccc1. The summed E-state index contributed by atoms with van der Waals surface area (Å²) < 4.78 is 37.7. The number of carbonyl (C=O) groups is 2. The van der Waals surface area contributed by atoms with Crippen LogP contribution in [0.1, 0.15) is 12.5 Å². The number of pyridine rings is 1. The van der Waals surface area contributed by atoms with E-state index in [0.717, 1.165) is 16.2 Å². The second-order valence-corrected chi connectivity index (χ2v) is 8.46. The van der Waals surface area contributed by atoms with E-state index in [4.69, 9.17) is 0 Å². The van der Waals surface area contributed by atoms with Crippen molar-refractivity contribution in [1.29, 1.82) is 0 Å². The van der Waals surface area contributed by atoms with Crippen molar-refractivity contribution < 1.29 is 22.8 Å². The molecule has 0 radical (unpaired) electrons. The number of benzene rings is 2. The van der Waals surface area contributed by atoms with Gasteiger partial charge in [-0.2, -0.15) is 13.2 Å². The van der Waals surface area contributed by atoms with Crippen LogP contribution in [0.2, 0.25) is 0 Å². The Morgan fingerprint density at radius 3 is 2.39 bits per heavy atom. The summed E-state index contributed by atoms with van der Waals surface area (Å²) in [4.78, 5) is 32.5. The second-order valence-electron chi connectivity index (χ2n) is 7.33. The molecule has 0 aliphatic carbocycles. The monoisotopic (exact) mass is 472 g/mol. The number of amides is 3. The Morgan fingerprint density at radius 2 is 1.73 bits per heavy atom. The molecular weight excluding hydrogens is 453 g/mol. The molecule has 2 aromatic carbocycles. The molecule has 10 heteroatoms. The molecule has 1 N–H and O–H groups in total. The molecule has 0 bridgehead atoms. The summed E-state index contributed by atoms with van der Waals surface area (Å²) >= 11 is -0.253. The molecule has 1 fully saturated rings. The zero-order valence-electron chi connectivity index (χ0n) is 17.4. The number of nitrogens with zero attached hydrogens (tertiary/aromatic N) is 3. The van der Waals surface area contributed by atoms with Gasteiger partial charge in [-0.1, -0.05) is 18.2 Å². The first kappa shape index (κ1) is 22.7. The predicted molar refractivity (Wildman–Crippen MR) is 120 cm³/mol. The van der Waals surface area contributed by atoms with Gasteiger partial charge in [0, 0.05) is 16.8 Å². The lowest BCUT2D eigenvalue weighted by atomic mass is 10.2. The summed E-state index contributed by atoms with van der Waals surface area (Å²) in [5.74, 6) is -0.442. The molecule has 0 saturated carbocycles. The first-order chi connectivity index (χ1) is 15.7. The summed E-state index contributed by atoms with van der Waals surface area (Å²) in [5, 5.41) is 3.26. The zero-order valence-corrected chi connectivity index (χ0v) is 18.2. The van der Waals surface area contributed by atoms with Gasteiger partial charge in [0.2, 0.25) is 0 Å². The van der Waals surface area contributed by atoms with Gasteiger partial charge in [0.05, 0.1) is 24.1 Å². The summed E-state index contributed by atoms with van der Waals surface area (Å²) in [7, 11) is 0. The molecule has 0 spiro atoms. The van der Waals surface area contributed by atoms with E-state index in [1.165, 1.54) is 29.2 Å². The Kier molecular flexibility index (Phi) is 6.28. The number of aromatic nitrogens is 1. The molecule has 3 aromatic rings. The minimum absolute atomic E-state index is 0.0244. The van der Waals surface area contributed by atoms with Crippen LogP contribution in [0.4, 0.5) is 35.0 Å². The van der Waals surface area contributed by atoms with Crippen molar-refractivity contribution >= 4 is 40.8 Å². The smallest absolute Gasteiger partial charge is 0.354 e. The average molecular weight is 472 g/mol. The predicted octanol–water partition coefficient (Wildman–Crippen LogP) is 5.79. The van der Waals surface area contributed by atoms with Crippen LogP contribution >= 0.6 is 11.8 Å². The largest absolute Gasteiger partial charge is 0.446 e. The fourth-order valence-corrected chi connectivity index (χ4v) is 4.02. The molecule has 33 heavy (non-hydrogen) atoms. The average Bonchev–Trinajstić information content (AvgIpc) is 2.98. The number of alkyl halides is 3. The fraction of sp³-hybridized carbons (Fsp3) is 0.174. The fourth-order valence-electron chi connectivity index (χ4n) is 3.48. The number of imide groups is 1. The third-order valence-electron chi connectivity index (χ3n) is 5.12. The van der Waals surface area contributed by atoms with Crippen LogP contribution in [0.5, 0.6) is 0 Å². The Balaban J connectivity index is 1.54. The minimum Gasteiger partial charge on any atom is -0.354 e. The van der Waals surface area contributed by atoms with Crippen molar-refractivity contribution in [1.82, 2.24) is 9.88 Å². The van der Waals surface area contributed by atoms with Gasteiger partial charge in [0.25, 0.3) is 5.91 Å². The normalized spacial score (nSPS) is 16.4. The molecule has 1 aliphatic heterocycles. The molecule has 1 saturated heterocycles. The van der Waals surface area contributed by atoms with E-state index in [2.05, 4.69) is 10.3 Å². The molecule has 4 rings (SSSR count). The van der Waals surface area contributed by atoms with Crippen molar-refractivity contribution in [2.75, 3.05) is 10.2 Å². The molecule has 6 nitrogen and oxygen atoms in total. The van der Waals surface area contributed by atoms with Crippen LogP contribution in [-0.2, 0) is 11.3 Å². The van der Waals surface area contributed by atoms with Gasteiger partial charge in [0.1, 0.15) is 6.04 Å². The summed E-state index contributed by atoms with van der Waals surface area (Å²) in [6, 6.07) is 15.1. The van der Waals surface area contributed by atoms with Crippen molar-refractivity contribution in [3.05, 3.63) is 78.6 Å². The van der Waals surface area contributed by atoms with E-state index in [1.54, 1.807) is 25.4 Å². The number of thioether (sulfide) groups is 1. The van der Waals surface area contributed by atoms with E-state index >= 15 is 0 Å². The Hall–Kier alpha value is -3.53. The third kappa shape index (κ3) is 5.11. The maximum atomic E-state index is 13.1. The highest BCUT2D eigenvalue weighted by Gasteiger charge is 2.43. The quantitative estimate of drug-likeness (QED) is 0.363. The maximum absolute atomic E-state index is 13.1. The van der Waals surface area contributed by atoms with E-state index in [9.17, 15) is 22.8 Å². The molecule has 170 valence electrons. The standard InChI is InChI=1S/C23H19F3N4O2S/c1-15-21(31)30(18-7-9-19(10-8-18)33-23(24,25)26)22(32)29(15)14-16-11-12-27-13-20(16)28-17-5-3-2-4-6-17/h2-13,15,28H,14H2,1H3. The Morgan fingerprint density at radius 1 is 1.03 bits per heavy atom. The zero-order chi connectivity index (χ0) is 23.6. The molecule has 1 aliphatic rings. The number of nitrogens with one attached hydrogen (secondary N) is 1. The van der Waals surface area contributed by atoms with Gasteiger partial charge in [-0.15, -0.1) is 0 Å². The molecule has 1 aromatic heterocycles. The van der Waals surface area contributed by atoms with Crippen molar-refractivity contribution in [3.8, 4) is 0 Å². The second kappa shape index (κ2) is 9.14. The number of para-hydroxylation sites is 1. The number of halogens is 3. The van der Waals surface area contributed by atoms with Gasteiger partial charge >= 0.3 is 11.5 Å². The molecule has 1 atom stereocenters. The van der Waals surface area contributed by atoms with Gasteiger partial charge in [-0.3, -0.25) is 9.78 Å². The minimum atomic E-state index is -4.41. The Bertz CT molecular complexity index is 1160. The summed E-state index contributed by atoms with van der Waals surface area (Å²) in [6.07, 6.45) is 3.25. The van der Waals surface area contributed by atoms with Crippen molar-refractivity contribution in [2.45, 2.75) is 29.9 Å². The first-order valence-electron chi connectivity index (χ1n) is 9.98. The number of anilines is 3. The van der Waals surface area contributed by atoms with Crippen LogP contribution < -0.4 is 10.2 Å². The van der Waals surface area contributed by atoms with Gasteiger partial charge < -0.3 is 10.2 Å². The summed E-state index contributed by atoms with van der Waals surface area (Å²) in [6.45, 7) is 1.78. The molecule has 3 amide bonds. The number of hydrogen-bond donors (Lipinski definition) is 1. The van der Waals surface area contributed by atoms with Crippen LogP contribution in [0.15, 0.2) is 78.0 Å². The van der Waals surface area contributed by atoms with Crippen LogP contribution in [0, 0.1) is 0 Å². The number of hydrogen-bond acceptors (Lipinski definition) is 5. The number of urea groups is 1. The van der Waals surface area contributed by atoms with Crippen molar-refractivity contribution in [2.24, 2.45) is 0 Å². The lowest BCUT2D eigenvalue weighted by Gasteiger charge is -2.21. The van der Waals surface area contributed by atoms with E-state index in [-0.39, 0.29) is 28.9 Å². The van der Waals surface area contributed by atoms with Crippen LogP contribution in [-0.4, -0.2) is 33.4 Å². The lowest BCUT2D eigenvalue weighted by molar-refractivity contribution is -0.119. The highest BCUT2D eigenvalue weighted by molar-refractivity contribution is 8.00.